The lowest BCUT2D eigenvalue weighted by molar-refractivity contribution is -0.136. The molecule has 4 rings (SSSR count). The van der Waals surface area contributed by atoms with Crippen LogP contribution in [0.25, 0.3) is 0 Å². The van der Waals surface area contributed by atoms with Crippen molar-refractivity contribution < 1.29 is 9.59 Å². The monoisotopic (exact) mass is 330 g/mol. The smallest absolute Gasteiger partial charge is 0.274 e. The third kappa shape index (κ3) is 2.94. The number of aromatic nitrogens is 2. The minimum absolute atomic E-state index is 0.0184. The Morgan fingerprint density at radius 3 is 2.33 bits per heavy atom. The number of nitrogens with zero attached hydrogens (tertiary/aromatic N) is 4. The van der Waals surface area contributed by atoms with Crippen molar-refractivity contribution in [2.24, 2.45) is 5.92 Å². The van der Waals surface area contributed by atoms with Crippen LogP contribution in [-0.2, 0) is 17.8 Å². The summed E-state index contributed by atoms with van der Waals surface area (Å²) >= 11 is 0. The fraction of sp³-hybridized carbons (Fsp3) is 0.722. The number of fused-ring (bicyclic) bond motifs is 1. The largest absolute Gasteiger partial charge is 0.339 e. The molecule has 6 nitrogen and oxygen atoms in total. The molecule has 1 aromatic rings. The lowest BCUT2D eigenvalue weighted by atomic mass is 10.1. The van der Waals surface area contributed by atoms with Crippen LogP contribution in [-0.4, -0.2) is 57.6 Å². The molecule has 1 saturated heterocycles. The Morgan fingerprint density at radius 2 is 1.62 bits per heavy atom. The molecule has 2 aliphatic heterocycles. The van der Waals surface area contributed by atoms with Gasteiger partial charge in [-0.25, -0.2) is 0 Å². The average molecular weight is 330 g/mol. The molecule has 3 aliphatic rings. The molecule has 24 heavy (non-hydrogen) atoms. The summed E-state index contributed by atoms with van der Waals surface area (Å²) in [6, 6.07) is 1.96. The van der Waals surface area contributed by atoms with E-state index in [1.807, 2.05) is 20.5 Å². The number of hydrogen-bond donors (Lipinski definition) is 0. The number of amides is 2. The van der Waals surface area contributed by atoms with Crippen molar-refractivity contribution in [3.05, 3.63) is 17.5 Å². The van der Waals surface area contributed by atoms with Crippen molar-refractivity contribution in [2.45, 2.75) is 51.5 Å². The molecule has 3 heterocycles. The van der Waals surface area contributed by atoms with E-state index in [0.29, 0.717) is 37.8 Å². The highest BCUT2D eigenvalue weighted by Crippen LogP contribution is 2.27. The number of rotatable bonds is 2. The van der Waals surface area contributed by atoms with Crippen molar-refractivity contribution in [3.63, 3.8) is 0 Å². The van der Waals surface area contributed by atoms with Crippen molar-refractivity contribution in [1.82, 2.24) is 19.6 Å². The molecule has 0 spiro atoms. The van der Waals surface area contributed by atoms with Crippen LogP contribution in [0, 0.1) is 5.92 Å². The normalized spacial score (nSPS) is 21.8. The molecule has 6 heteroatoms. The standard InChI is InChI=1S/C18H26N4O2/c23-17(14-5-1-2-6-14)20-9-11-21(12-10-20)18(24)16-13-15-7-3-4-8-22(15)19-16/h13-14H,1-12H2. The molecule has 0 bridgehead atoms. The first kappa shape index (κ1) is 15.7. The lowest BCUT2D eigenvalue weighted by Gasteiger charge is -2.35. The number of carbonyl (C=O) groups is 2. The van der Waals surface area contributed by atoms with Gasteiger partial charge in [-0.3, -0.25) is 14.3 Å². The van der Waals surface area contributed by atoms with Gasteiger partial charge >= 0.3 is 0 Å². The summed E-state index contributed by atoms with van der Waals surface area (Å²) in [5.74, 6) is 0.550. The van der Waals surface area contributed by atoms with Gasteiger partial charge in [0.15, 0.2) is 5.69 Å². The van der Waals surface area contributed by atoms with E-state index in [9.17, 15) is 9.59 Å². The Morgan fingerprint density at radius 1 is 0.917 bits per heavy atom. The molecule has 0 radical (unpaired) electrons. The van der Waals surface area contributed by atoms with Gasteiger partial charge in [-0.05, 0) is 38.2 Å². The Hall–Kier alpha value is -1.85. The average Bonchev–Trinajstić information content (AvgIpc) is 3.30. The Kier molecular flexibility index (Phi) is 4.29. The summed E-state index contributed by atoms with van der Waals surface area (Å²) in [7, 11) is 0. The van der Waals surface area contributed by atoms with Gasteiger partial charge in [0.25, 0.3) is 5.91 Å². The molecule has 0 atom stereocenters. The molecule has 0 N–H and O–H groups in total. The first-order valence-electron chi connectivity index (χ1n) is 9.37. The summed E-state index contributed by atoms with van der Waals surface area (Å²) < 4.78 is 1.98. The maximum atomic E-state index is 12.7. The van der Waals surface area contributed by atoms with Gasteiger partial charge < -0.3 is 9.80 Å². The maximum Gasteiger partial charge on any atom is 0.274 e. The number of carbonyl (C=O) groups excluding carboxylic acids is 2. The molecule has 0 unspecified atom stereocenters. The summed E-state index contributed by atoms with van der Waals surface area (Å²) in [6.45, 7) is 3.49. The Bertz CT molecular complexity index is 601. The van der Waals surface area contributed by atoms with Crippen molar-refractivity contribution >= 4 is 11.8 Å². The quantitative estimate of drug-likeness (QED) is 0.829. The van der Waals surface area contributed by atoms with E-state index in [2.05, 4.69) is 5.10 Å². The predicted octanol–water partition coefficient (Wildman–Crippen LogP) is 1.69. The molecular formula is C18H26N4O2. The molecule has 130 valence electrons. The van der Waals surface area contributed by atoms with E-state index in [-0.39, 0.29) is 11.8 Å². The first-order valence-corrected chi connectivity index (χ1v) is 9.37. The minimum Gasteiger partial charge on any atom is -0.339 e. The van der Waals surface area contributed by atoms with E-state index in [4.69, 9.17) is 0 Å². The topological polar surface area (TPSA) is 58.4 Å². The van der Waals surface area contributed by atoms with Crippen LogP contribution >= 0.6 is 0 Å². The number of piperazine rings is 1. The lowest BCUT2D eigenvalue weighted by Crippen LogP contribution is -2.51. The van der Waals surface area contributed by atoms with Gasteiger partial charge in [0, 0.05) is 44.3 Å². The van der Waals surface area contributed by atoms with Crippen LogP contribution in [0.4, 0.5) is 0 Å². The zero-order valence-electron chi connectivity index (χ0n) is 14.2. The van der Waals surface area contributed by atoms with Gasteiger partial charge in [0.2, 0.25) is 5.91 Å². The van der Waals surface area contributed by atoms with Crippen LogP contribution in [0.3, 0.4) is 0 Å². The third-order valence-corrected chi connectivity index (χ3v) is 5.72. The summed E-state index contributed by atoms with van der Waals surface area (Å²) in [5, 5.41) is 4.49. The molecule has 0 aromatic carbocycles. The minimum atomic E-state index is 0.0184. The number of hydrogen-bond acceptors (Lipinski definition) is 3. The van der Waals surface area contributed by atoms with Gasteiger partial charge in [0.1, 0.15) is 0 Å². The second-order valence-corrected chi connectivity index (χ2v) is 7.30. The van der Waals surface area contributed by atoms with Crippen LogP contribution in [0.1, 0.15) is 54.7 Å². The van der Waals surface area contributed by atoms with Crippen LogP contribution in [0.5, 0.6) is 0 Å². The zero-order chi connectivity index (χ0) is 16.5. The van der Waals surface area contributed by atoms with Gasteiger partial charge in [-0.2, -0.15) is 5.10 Å². The summed E-state index contributed by atoms with van der Waals surface area (Å²) in [4.78, 5) is 29.0. The Labute approximate surface area is 142 Å². The van der Waals surface area contributed by atoms with E-state index in [1.54, 1.807) is 0 Å². The molecule has 2 amide bonds. The van der Waals surface area contributed by atoms with Gasteiger partial charge in [0.05, 0.1) is 0 Å². The highest BCUT2D eigenvalue weighted by Gasteiger charge is 2.31. The fourth-order valence-corrected chi connectivity index (χ4v) is 4.25. The van der Waals surface area contributed by atoms with Crippen molar-refractivity contribution in [1.29, 1.82) is 0 Å². The van der Waals surface area contributed by atoms with E-state index >= 15 is 0 Å². The van der Waals surface area contributed by atoms with E-state index < -0.39 is 0 Å². The molecule has 1 aromatic heterocycles. The van der Waals surface area contributed by atoms with Crippen molar-refractivity contribution in [3.8, 4) is 0 Å². The maximum absolute atomic E-state index is 12.7. The van der Waals surface area contributed by atoms with Crippen LogP contribution in [0.15, 0.2) is 6.07 Å². The third-order valence-electron chi connectivity index (χ3n) is 5.72. The second-order valence-electron chi connectivity index (χ2n) is 7.30. The summed E-state index contributed by atoms with van der Waals surface area (Å²) in [6.07, 6.45) is 7.78. The highest BCUT2D eigenvalue weighted by atomic mass is 16.2. The van der Waals surface area contributed by atoms with Crippen LogP contribution < -0.4 is 0 Å². The van der Waals surface area contributed by atoms with Gasteiger partial charge in [-0.15, -0.1) is 0 Å². The van der Waals surface area contributed by atoms with Gasteiger partial charge in [-0.1, -0.05) is 12.8 Å². The first-order chi connectivity index (χ1) is 11.7. The fourth-order valence-electron chi connectivity index (χ4n) is 4.25. The second kappa shape index (κ2) is 6.57. The van der Waals surface area contributed by atoms with Crippen molar-refractivity contribution in [2.75, 3.05) is 26.2 Å². The molecular weight excluding hydrogens is 304 g/mol. The molecule has 2 fully saturated rings. The van der Waals surface area contributed by atoms with E-state index in [0.717, 1.165) is 32.2 Å². The molecule has 1 aliphatic carbocycles. The zero-order valence-corrected chi connectivity index (χ0v) is 14.2. The van der Waals surface area contributed by atoms with Crippen LogP contribution in [0.2, 0.25) is 0 Å². The summed E-state index contributed by atoms with van der Waals surface area (Å²) in [5.41, 5.74) is 1.75. The highest BCUT2D eigenvalue weighted by molar-refractivity contribution is 5.92. The Balaban J connectivity index is 1.36. The van der Waals surface area contributed by atoms with E-state index in [1.165, 1.54) is 25.0 Å². The number of aryl methyl sites for hydroxylation is 2. The molecule has 1 saturated carbocycles. The predicted molar refractivity (Wildman–Crippen MR) is 89.6 cm³/mol. The SMILES string of the molecule is O=C(c1cc2n(n1)CCCC2)N1CCN(C(=O)C2CCCC2)CC1.